The Balaban J connectivity index is 2.33. The van der Waals surface area contributed by atoms with E-state index < -0.39 is 0 Å². The molecule has 10 heavy (non-hydrogen) atoms. The lowest BCUT2D eigenvalue weighted by atomic mass is 9.95. The maximum atomic E-state index is 4.99. The Morgan fingerprint density at radius 2 is 2.50 bits per heavy atom. The summed E-state index contributed by atoms with van der Waals surface area (Å²) in [6.45, 7) is 0. The molecule has 0 spiro atoms. The van der Waals surface area contributed by atoms with Gasteiger partial charge in [0.15, 0.2) is 0 Å². The average Bonchev–Trinajstić information content (AvgIpc) is 2.05. The molecule has 1 nitrogen and oxygen atoms in total. The van der Waals surface area contributed by atoms with Crippen molar-refractivity contribution in [3.63, 3.8) is 0 Å². The van der Waals surface area contributed by atoms with Gasteiger partial charge in [0.1, 0.15) is 0 Å². The topological polar surface area (TPSA) is 9.23 Å². The van der Waals surface area contributed by atoms with Crippen LogP contribution >= 0.6 is 0 Å². The molecule has 2 aliphatic rings. The number of ether oxygens (including phenoxy) is 1. The SMILES string of the molecule is [C]1=CC=CC2=COC=CC12. The van der Waals surface area contributed by atoms with Crippen molar-refractivity contribution in [1.82, 2.24) is 0 Å². The van der Waals surface area contributed by atoms with Crippen LogP contribution in [0.3, 0.4) is 0 Å². The number of allylic oxidation sites excluding steroid dienone is 6. The van der Waals surface area contributed by atoms with Gasteiger partial charge in [-0.2, -0.15) is 0 Å². The van der Waals surface area contributed by atoms with Crippen LogP contribution in [0.25, 0.3) is 0 Å². The predicted molar refractivity (Wildman–Crippen MR) is 38.8 cm³/mol. The fourth-order valence-corrected chi connectivity index (χ4v) is 1.04. The Morgan fingerprint density at radius 1 is 1.50 bits per heavy atom. The summed E-state index contributed by atoms with van der Waals surface area (Å²) in [5.41, 5.74) is 1.17. The van der Waals surface area contributed by atoms with Crippen molar-refractivity contribution in [2.75, 3.05) is 0 Å². The highest BCUT2D eigenvalue weighted by Gasteiger charge is 2.10. The first kappa shape index (κ1) is 5.54. The van der Waals surface area contributed by atoms with Gasteiger partial charge in [-0.25, -0.2) is 0 Å². The number of rotatable bonds is 0. The molecule has 1 aliphatic carbocycles. The van der Waals surface area contributed by atoms with Gasteiger partial charge < -0.3 is 4.74 Å². The molecule has 0 saturated carbocycles. The summed E-state index contributed by atoms with van der Waals surface area (Å²) in [6, 6.07) is 0. The van der Waals surface area contributed by atoms with Crippen LogP contribution < -0.4 is 0 Å². The Hall–Kier alpha value is -1.24. The molecule has 0 N–H and O–H groups in total. The smallest absolute Gasteiger partial charge is 0.0942 e. The zero-order valence-corrected chi connectivity index (χ0v) is 5.45. The lowest BCUT2D eigenvalue weighted by Crippen LogP contribution is -2.02. The van der Waals surface area contributed by atoms with Crippen LogP contribution in [-0.2, 0) is 4.74 Å². The summed E-state index contributed by atoms with van der Waals surface area (Å²) in [5, 5.41) is 0. The number of hydrogen-bond donors (Lipinski definition) is 0. The third-order valence-corrected chi connectivity index (χ3v) is 1.57. The molecule has 0 aromatic carbocycles. The van der Waals surface area contributed by atoms with E-state index in [0.29, 0.717) is 5.92 Å². The minimum absolute atomic E-state index is 0.318. The van der Waals surface area contributed by atoms with E-state index in [0.717, 1.165) is 0 Å². The van der Waals surface area contributed by atoms with Crippen LogP contribution in [-0.4, -0.2) is 0 Å². The Morgan fingerprint density at radius 3 is 3.40 bits per heavy atom. The molecule has 1 aliphatic heterocycles. The maximum Gasteiger partial charge on any atom is 0.0942 e. The van der Waals surface area contributed by atoms with E-state index >= 15 is 0 Å². The van der Waals surface area contributed by atoms with Crippen LogP contribution in [0, 0.1) is 12.0 Å². The second kappa shape index (κ2) is 2.18. The predicted octanol–water partition coefficient (Wildman–Crippen LogP) is 1.96. The van der Waals surface area contributed by atoms with E-state index in [2.05, 4.69) is 6.08 Å². The van der Waals surface area contributed by atoms with Gasteiger partial charge in [0.05, 0.1) is 12.5 Å². The summed E-state index contributed by atoms with van der Waals surface area (Å²) < 4.78 is 4.99. The normalized spacial score (nSPS) is 27.2. The van der Waals surface area contributed by atoms with Crippen molar-refractivity contribution in [3.8, 4) is 0 Å². The molecule has 2 rings (SSSR count). The molecule has 1 heterocycles. The third-order valence-electron chi connectivity index (χ3n) is 1.57. The fraction of sp³-hybridized carbons (Fsp3) is 0.111. The Labute approximate surface area is 60.0 Å². The quantitative estimate of drug-likeness (QED) is 0.488. The number of fused-ring (bicyclic) bond motifs is 1. The van der Waals surface area contributed by atoms with Crippen LogP contribution in [0.1, 0.15) is 0 Å². The Bertz CT molecular complexity index is 243. The monoisotopic (exact) mass is 131 g/mol. The van der Waals surface area contributed by atoms with E-state index in [1.165, 1.54) is 5.57 Å². The van der Waals surface area contributed by atoms with Crippen LogP contribution in [0.5, 0.6) is 0 Å². The average molecular weight is 131 g/mol. The summed E-state index contributed by atoms with van der Waals surface area (Å²) >= 11 is 0. The molecule has 0 saturated heterocycles. The van der Waals surface area contributed by atoms with Gasteiger partial charge in [-0.3, -0.25) is 0 Å². The standard InChI is InChI=1S/C9H7O/c1-2-4-9-7-10-6-5-8(9)3-1/h1-2,4-8H. The lowest BCUT2D eigenvalue weighted by Gasteiger charge is -2.14. The zero-order chi connectivity index (χ0) is 6.81. The van der Waals surface area contributed by atoms with Crippen molar-refractivity contribution in [3.05, 3.63) is 48.5 Å². The molecule has 1 heteroatoms. The minimum atomic E-state index is 0.318. The summed E-state index contributed by atoms with van der Waals surface area (Å²) in [6.07, 6.45) is 14.5. The highest BCUT2D eigenvalue weighted by atomic mass is 16.5. The van der Waals surface area contributed by atoms with E-state index in [1.807, 2.05) is 24.3 Å². The highest BCUT2D eigenvalue weighted by molar-refractivity contribution is 5.34. The second-order valence-electron chi connectivity index (χ2n) is 2.25. The first-order valence-electron chi connectivity index (χ1n) is 3.25. The largest absolute Gasteiger partial charge is 0.473 e. The van der Waals surface area contributed by atoms with Gasteiger partial charge in [0, 0.05) is 5.92 Å². The van der Waals surface area contributed by atoms with Gasteiger partial charge >= 0.3 is 0 Å². The minimum Gasteiger partial charge on any atom is -0.473 e. The van der Waals surface area contributed by atoms with Gasteiger partial charge in [0.25, 0.3) is 0 Å². The summed E-state index contributed by atoms with van der Waals surface area (Å²) in [5.74, 6) is 0.318. The van der Waals surface area contributed by atoms with E-state index in [-0.39, 0.29) is 0 Å². The molecule has 1 unspecified atom stereocenters. The van der Waals surface area contributed by atoms with Crippen molar-refractivity contribution < 1.29 is 4.74 Å². The van der Waals surface area contributed by atoms with E-state index in [9.17, 15) is 0 Å². The van der Waals surface area contributed by atoms with Crippen molar-refractivity contribution in [1.29, 1.82) is 0 Å². The van der Waals surface area contributed by atoms with Crippen LogP contribution in [0.2, 0.25) is 0 Å². The van der Waals surface area contributed by atoms with Gasteiger partial charge in [-0.15, -0.1) is 0 Å². The molecule has 0 aromatic rings. The molecular weight excluding hydrogens is 124 g/mol. The molecule has 1 radical (unpaired) electrons. The van der Waals surface area contributed by atoms with Crippen molar-refractivity contribution in [2.24, 2.45) is 5.92 Å². The van der Waals surface area contributed by atoms with Crippen LogP contribution in [0.15, 0.2) is 42.4 Å². The van der Waals surface area contributed by atoms with E-state index in [4.69, 9.17) is 4.74 Å². The van der Waals surface area contributed by atoms with Crippen LogP contribution in [0.4, 0.5) is 0 Å². The molecular formula is C9H7O. The van der Waals surface area contributed by atoms with Gasteiger partial charge in [0.2, 0.25) is 0 Å². The van der Waals surface area contributed by atoms with Gasteiger partial charge in [-0.05, 0) is 17.7 Å². The first-order valence-corrected chi connectivity index (χ1v) is 3.25. The Kier molecular flexibility index (Phi) is 1.21. The van der Waals surface area contributed by atoms with Crippen molar-refractivity contribution >= 4 is 0 Å². The first-order chi connectivity index (χ1) is 4.97. The third kappa shape index (κ3) is 0.798. The summed E-state index contributed by atoms with van der Waals surface area (Å²) in [4.78, 5) is 0. The second-order valence-corrected chi connectivity index (χ2v) is 2.25. The molecule has 0 amide bonds. The lowest BCUT2D eigenvalue weighted by molar-refractivity contribution is 0.383. The number of hydrogen-bond acceptors (Lipinski definition) is 1. The molecule has 0 fully saturated rings. The molecule has 1 atom stereocenters. The van der Waals surface area contributed by atoms with Gasteiger partial charge in [-0.1, -0.05) is 18.2 Å². The molecule has 0 bridgehead atoms. The molecule has 0 aromatic heterocycles. The van der Waals surface area contributed by atoms with E-state index in [1.54, 1.807) is 12.5 Å². The maximum absolute atomic E-state index is 4.99. The van der Waals surface area contributed by atoms with Crippen molar-refractivity contribution in [2.45, 2.75) is 0 Å². The fourth-order valence-electron chi connectivity index (χ4n) is 1.04. The highest BCUT2D eigenvalue weighted by Crippen LogP contribution is 2.22. The summed E-state index contributed by atoms with van der Waals surface area (Å²) in [7, 11) is 0. The zero-order valence-electron chi connectivity index (χ0n) is 5.45. The molecule has 49 valence electrons.